The van der Waals surface area contributed by atoms with E-state index in [2.05, 4.69) is 17.1 Å². The van der Waals surface area contributed by atoms with Gasteiger partial charge in [-0.05, 0) is 49.3 Å². The number of ether oxygens (including phenoxy) is 1. The lowest BCUT2D eigenvalue weighted by atomic mass is 9.85. The van der Waals surface area contributed by atoms with Gasteiger partial charge in [-0.15, -0.1) is 0 Å². The number of nitrogens with zero attached hydrogens (tertiary/aromatic N) is 2. The molecule has 26 heavy (non-hydrogen) atoms. The SMILES string of the molecule is COc1ccc(C2C[C@H]3CC[C@@H](C2)N3C(=O)c2ncc(F)cc2F)cc1. The van der Waals surface area contributed by atoms with Crippen molar-refractivity contribution in [3.05, 3.63) is 59.4 Å². The number of piperidine rings is 1. The second kappa shape index (κ2) is 6.67. The summed E-state index contributed by atoms with van der Waals surface area (Å²) in [6, 6.07) is 8.90. The summed E-state index contributed by atoms with van der Waals surface area (Å²) in [5.74, 6) is -0.911. The van der Waals surface area contributed by atoms with Crippen molar-refractivity contribution in [3.63, 3.8) is 0 Å². The average Bonchev–Trinajstić information content (AvgIpc) is 2.91. The molecular formula is C20H20F2N2O2. The second-order valence-corrected chi connectivity index (χ2v) is 7.02. The molecule has 3 atom stereocenters. The summed E-state index contributed by atoms with van der Waals surface area (Å²) < 4.78 is 32.3. The lowest BCUT2D eigenvalue weighted by Gasteiger charge is -2.39. The first-order valence-corrected chi connectivity index (χ1v) is 8.84. The maximum atomic E-state index is 14.0. The Bertz CT molecular complexity index is 811. The number of hydrogen-bond donors (Lipinski definition) is 0. The van der Waals surface area contributed by atoms with E-state index >= 15 is 0 Å². The van der Waals surface area contributed by atoms with Crippen molar-refractivity contribution in [1.82, 2.24) is 9.88 Å². The van der Waals surface area contributed by atoms with Crippen LogP contribution >= 0.6 is 0 Å². The largest absolute Gasteiger partial charge is 0.497 e. The van der Waals surface area contributed by atoms with Crippen molar-refractivity contribution in [2.24, 2.45) is 0 Å². The fourth-order valence-electron chi connectivity index (χ4n) is 4.35. The van der Waals surface area contributed by atoms with Crippen LogP contribution in [0.25, 0.3) is 0 Å². The van der Waals surface area contributed by atoms with Crippen molar-refractivity contribution in [2.75, 3.05) is 7.11 Å². The number of fused-ring (bicyclic) bond motifs is 2. The van der Waals surface area contributed by atoms with Crippen molar-refractivity contribution < 1.29 is 18.3 Å². The highest BCUT2D eigenvalue weighted by molar-refractivity contribution is 5.93. The Morgan fingerprint density at radius 2 is 1.81 bits per heavy atom. The van der Waals surface area contributed by atoms with Gasteiger partial charge in [0.15, 0.2) is 11.5 Å². The maximum Gasteiger partial charge on any atom is 0.276 e. The third kappa shape index (κ3) is 2.93. The van der Waals surface area contributed by atoms with Crippen molar-refractivity contribution in [2.45, 2.75) is 43.7 Å². The Morgan fingerprint density at radius 1 is 1.15 bits per heavy atom. The molecule has 0 radical (unpaired) electrons. The van der Waals surface area contributed by atoms with Gasteiger partial charge in [0.1, 0.15) is 11.6 Å². The minimum absolute atomic E-state index is 0.0691. The average molecular weight is 358 g/mol. The number of rotatable bonds is 3. The molecule has 4 rings (SSSR count). The van der Waals surface area contributed by atoms with Gasteiger partial charge in [0.25, 0.3) is 5.91 Å². The zero-order valence-corrected chi connectivity index (χ0v) is 14.5. The van der Waals surface area contributed by atoms with Crippen LogP contribution in [0.1, 0.15) is 47.7 Å². The smallest absolute Gasteiger partial charge is 0.276 e. The minimum Gasteiger partial charge on any atom is -0.497 e. The number of halogens is 2. The number of carbonyl (C=O) groups excluding carboxylic acids is 1. The van der Waals surface area contributed by atoms with E-state index in [1.165, 1.54) is 5.56 Å². The summed E-state index contributed by atoms with van der Waals surface area (Å²) in [6.07, 6.45) is 4.40. The van der Waals surface area contributed by atoms with Crippen LogP contribution in [0.3, 0.4) is 0 Å². The first-order chi connectivity index (χ1) is 12.6. The molecule has 0 N–H and O–H groups in total. The zero-order chi connectivity index (χ0) is 18.3. The molecule has 1 aromatic carbocycles. The fraction of sp³-hybridized carbons (Fsp3) is 0.400. The Morgan fingerprint density at radius 3 is 2.38 bits per heavy atom. The Hall–Kier alpha value is -2.50. The fourth-order valence-corrected chi connectivity index (χ4v) is 4.35. The van der Waals surface area contributed by atoms with Gasteiger partial charge in [-0.1, -0.05) is 12.1 Å². The molecule has 2 aliphatic rings. The monoisotopic (exact) mass is 358 g/mol. The van der Waals surface area contributed by atoms with E-state index in [1.54, 1.807) is 12.0 Å². The topological polar surface area (TPSA) is 42.4 Å². The van der Waals surface area contributed by atoms with Gasteiger partial charge in [0.2, 0.25) is 0 Å². The second-order valence-electron chi connectivity index (χ2n) is 7.02. The van der Waals surface area contributed by atoms with Gasteiger partial charge in [-0.25, -0.2) is 13.8 Å². The molecule has 0 saturated carbocycles. The molecule has 2 saturated heterocycles. The highest BCUT2D eigenvalue weighted by Gasteiger charge is 2.44. The number of aromatic nitrogens is 1. The van der Waals surface area contributed by atoms with Gasteiger partial charge in [0.05, 0.1) is 13.3 Å². The predicted octanol–water partition coefficient (Wildman–Crippen LogP) is 3.92. The number of methoxy groups -OCH3 is 1. The highest BCUT2D eigenvalue weighted by Crippen LogP contribution is 2.43. The molecule has 2 bridgehead atoms. The van der Waals surface area contributed by atoms with Crippen molar-refractivity contribution in [3.8, 4) is 5.75 Å². The number of amides is 1. The van der Waals surface area contributed by atoms with Crippen LogP contribution in [-0.2, 0) is 0 Å². The molecule has 136 valence electrons. The third-order valence-corrected chi connectivity index (χ3v) is 5.57. The molecule has 0 spiro atoms. The van der Waals surface area contributed by atoms with Crippen LogP contribution in [0.5, 0.6) is 5.75 Å². The first kappa shape index (κ1) is 16.9. The van der Waals surface area contributed by atoms with Crippen molar-refractivity contribution in [1.29, 1.82) is 0 Å². The first-order valence-electron chi connectivity index (χ1n) is 8.84. The molecule has 2 aromatic rings. The number of carbonyl (C=O) groups is 1. The molecule has 2 fully saturated rings. The molecule has 1 unspecified atom stereocenters. The van der Waals surface area contributed by atoms with E-state index in [1.807, 2.05) is 12.1 Å². The van der Waals surface area contributed by atoms with Gasteiger partial charge < -0.3 is 9.64 Å². The predicted molar refractivity (Wildman–Crippen MR) is 92.1 cm³/mol. The van der Waals surface area contributed by atoms with Crippen LogP contribution in [0.2, 0.25) is 0 Å². The standard InChI is InChI=1S/C20H20F2N2O2/c1-26-17-6-2-12(3-7-17)13-8-15-4-5-16(9-13)24(15)20(25)19-18(22)10-14(21)11-23-19/h2-3,6-7,10-11,13,15-16H,4-5,8-9H2,1H3/t13?,15-,16+. The summed E-state index contributed by atoms with van der Waals surface area (Å²) in [5, 5.41) is 0. The maximum absolute atomic E-state index is 14.0. The third-order valence-electron chi connectivity index (χ3n) is 5.57. The molecule has 3 heterocycles. The van der Waals surface area contributed by atoms with Crippen LogP contribution in [0, 0.1) is 11.6 Å². The van der Waals surface area contributed by atoms with E-state index in [0.29, 0.717) is 12.0 Å². The van der Waals surface area contributed by atoms with E-state index in [9.17, 15) is 13.6 Å². The highest BCUT2D eigenvalue weighted by atomic mass is 19.1. The van der Waals surface area contributed by atoms with Gasteiger partial charge in [-0.3, -0.25) is 4.79 Å². The van der Waals surface area contributed by atoms with Gasteiger partial charge >= 0.3 is 0 Å². The van der Waals surface area contributed by atoms with Crippen LogP contribution in [0.15, 0.2) is 36.5 Å². The van der Waals surface area contributed by atoms with E-state index in [-0.39, 0.29) is 17.8 Å². The van der Waals surface area contributed by atoms with Gasteiger partial charge in [0, 0.05) is 18.2 Å². The van der Waals surface area contributed by atoms with Crippen LogP contribution < -0.4 is 4.74 Å². The molecule has 1 amide bonds. The van der Waals surface area contributed by atoms with Crippen LogP contribution in [-0.4, -0.2) is 35.0 Å². The number of benzene rings is 1. The Kier molecular flexibility index (Phi) is 4.34. The summed E-state index contributed by atoms with van der Waals surface area (Å²) >= 11 is 0. The Labute approximate surface area is 150 Å². The lowest BCUT2D eigenvalue weighted by molar-refractivity contribution is 0.0560. The molecule has 2 aliphatic heterocycles. The number of pyridine rings is 1. The van der Waals surface area contributed by atoms with Gasteiger partial charge in [-0.2, -0.15) is 0 Å². The van der Waals surface area contributed by atoms with E-state index in [0.717, 1.165) is 37.6 Å². The van der Waals surface area contributed by atoms with E-state index in [4.69, 9.17) is 4.74 Å². The van der Waals surface area contributed by atoms with E-state index < -0.39 is 17.5 Å². The van der Waals surface area contributed by atoms with Crippen molar-refractivity contribution >= 4 is 5.91 Å². The minimum atomic E-state index is -0.897. The Balaban J connectivity index is 1.54. The quantitative estimate of drug-likeness (QED) is 0.835. The molecule has 6 heteroatoms. The summed E-state index contributed by atoms with van der Waals surface area (Å²) in [5.41, 5.74) is 0.951. The normalized spacial score (nSPS) is 24.6. The number of hydrogen-bond acceptors (Lipinski definition) is 3. The summed E-state index contributed by atoms with van der Waals surface area (Å²) in [6.45, 7) is 0. The van der Waals surface area contributed by atoms with Crippen LogP contribution in [0.4, 0.5) is 8.78 Å². The summed E-state index contributed by atoms with van der Waals surface area (Å²) in [7, 11) is 1.64. The molecule has 1 aromatic heterocycles. The molecular weight excluding hydrogens is 338 g/mol. The molecule has 4 nitrogen and oxygen atoms in total. The lowest BCUT2D eigenvalue weighted by Crippen LogP contribution is -2.46. The molecule has 0 aliphatic carbocycles. The summed E-state index contributed by atoms with van der Waals surface area (Å²) in [4.78, 5) is 18.3. The zero-order valence-electron chi connectivity index (χ0n) is 14.5.